The molecule has 3 rings (SSSR count). The molecule has 0 saturated carbocycles. The number of benzene rings is 1. The summed E-state index contributed by atoms with van der Waals surface area (Å²) in [6, 6.07) is 8.59. The summed E-state index contributed by atoms with van der Waals surface area (Å²) in [7, 11) is 0. The first-order valence-corrected chi connectivity index (χ1v) is 5.24. The number of nitrogens with zero attached hydrogens (tertiary/aromatic N) is 2. The number of aromatic amines is 1. The second-order valence-corrected chi connectivity index (χ2v) is 3.84. The second kappa shape index (κ2) is 3.42. The smallest absolute Gasteiger partial charge is 0.125 e. The number of hydrogen-bond donors (Lipinski definition) is 1. The molecule has 2 aromatic rings. The maximum Gasteiger partial charge on any atom is 0.125 e. The molecular weight excluding hydrogens is 186 g/mol. The van der Waals surface area contributed by atoms with Crippen LogP contribution in [0, 0.1) is 0 Å². The predicted molar refractivity (Wildman–Crippen MR) is 59.8 cm³/mol. The number of nitrogens with one attached hydrogen (secondary N) is 1. The summed E-state index contributed by atoms with van der Waals surface area (Å²) in [5, 5.41) is 0. The van der Waals surface area contributed by atoms with Gasteiger partial charge in [-0.15, -0.1) is 0 Å². The lowest BCUT2D eigenvalue weighted by molar-refractivity contribution is 0.798. The van der Waals surface area contributed by atoms with E-state index in [0.717, 1.165) is 25.3 Å². The van der Waals surface area contributed by atoms with Crippen LogP contribution in [0.3, 0.4) is 0 Å². The van der Waals surface area contributed by atoms with Gasteiger partial charge in [-0.1, -0.05) is 18.2 Å². The summed E-state index contributed by atoms with van der Waals surface area (Å²) < 4.78 is 0. The number of para-hydroxylation sites is 1. The topological polar surface area (TPSA) is 31.9 Å². The van der Waals surface area contributed by atoms with Crippen molar-refractivity contribution in [3.8, 4) is 0 Å². The lowest BCUT2D eigenvalue weighted by Gasteiger charge is -2.17. The summed E-state index contributed by atoms with van der Waals surface area (Å²) in [5.74, 6) is 1.03. The average Bonchev–Trinajstić information content (AvgIpc) is 2.89. The van der Waals surface area contributed by atoms with Crippen molar-refractivity contribution in [3.05, 3.63) is 48.0 Å². The van der Waals surface area contributed by atoms with E-state index < -0.39 is 0 Å². The number of aromatic nitrogens is 2. The van der Waals surface area contributed by atoms with Crippen molar-refractivity contribution in [2.75, 3.05) is 11.4 Å². The Morgan fingerprint density at radius 3 is 3.13 bits per heavy atom. The van der Waals surface area contributed by atoms with E-state index in [1.54, 1.807) is 6.20 Å². The van der Waals surface area contributed by atoms with Crippen LogP contribution in [0.1, 0.15) is 11.4 Å². The standard InChI is InChI=1S/C12H13N3/c1-2-4-11-10(3-1)5-8-15(11)9-12-13-6-7-14-12/h1-4,6-7H,5,8-9H2,(H,13,14). The van der Waals surface area contributed by atoms with Gasteiger partial charge in [0.05, 0.1) is 6.54 Å². The summed E-state index contributed by atoms with van der Waals surface area (Å²) in [4.78, 5) is 9.77. The number of hydrogen-bond acceptors (Lipinski definition) is 2. The molecule has 0 unspecified atom stereocenters. The van der Waals surface area contributed by atoms with Crippen LogP contribution in [0.25, 0.3) is 0 Å². The fourth-order valence-electron chi connectivity index (χ4n) is 2.14. The maximum atomic E-state index is 4.26. The highest BCUT2D eigenvalue weighted by atomic mass is 15.2. The molecule has 76 valence electrons. The third kappa shape index (κ3) is 1.50. The normalized spacial score (nSPS) is 14.3. The van der Waals surface area contributed by atoms with Crippen molar-refractivity contribution >= 4 is 5.69 Å². The monoisotopic (exact) mass is 199 g/mol. The molecule has 1 aromatic heterocycles. The summed E-state index contributed by atoms with van der Waals surface area (Å²) >= 11 is 0. The first-order valence-electron chi connectivity index (χ1n) is 5.24. The lowest BCUT2D eigenvalue weighted by Crippen LogP contribution is -2.20. The van der Waals surface area contributed by atoms with E-state index in [1.807, 2.05) is 6.20 Å². The van der Waals surface area contributed by atoms with Gasteiger partial charge in [-0.05, 0) is 18.1 Å². The van der Waals surface area contributed by atoms with Crippen LogP contribution in [-0.2, 0) is 13.0 Å². The van der Waals surface area contributed by atoms with Gasteiger partial charge in [0.2, 0.25) is 0 Å². The molecule has 0 spiro atoms. The van der Waals surface area contributed by atoms with Crippen molar-refractivity contribution in [2.45, 2.75) is 13.0 Å². The van der Waals surface area contributed by atoms with E-state index in [1.165, 1.54) is 11.3 Å². The molecule has 0 atom stereocenters. The molecular formula is C12H13N3. The zero-order chi connectivity index (χ0) is 10.1. The fraction of sp³-hybridized carbons (Fsp3) is 0.250. The Morgan fingerprint density at radius 1 is 1.33 bits per heavy atom. The van der Waals surface area contributed by atoms with Crippen molar-refractivity contribution < 1.29 is 0 Å². The third-order valence-electron chi connectivity index (χ3n) is 2.88. The van der Waals surface area contributed by atoms with E-state index in [4.69, 9.17) is 0 Å². The van der Waals surface area contributed by atoms with Crippen LogP contribution in [0.5, 0.6) is 0 Å². The Kier molecular flexibility index (Phi) is 1.95. The summed E-state index contributed by atoms with van der Waals surface area (Å²) in [5.41, 5.74) is 2.80. The second-order valence-electron chi connectivity index (χ2n) is 3.84. The molecule has 3 nitrogen and oxygen atoms in total. The minimum atomic E-state index is 0.879. The van der Waals surface area contributed by atoms with Gasteiger partial charge in [-0.2, -0.15) is 0 Å². The quantitative estimate of drug-likeness (QED) is 0.802. The van der Waals surface area contributed by atoms with Crippen LogP contribution in [0.4, 0.5) is 5.69 Å². The lowest BCUT2D eigenvalue weighted by atomic mass is 10.2. The molecule has 0 radical (unpaired) electrons. The average molecular weight is 199 g/mol. The zero-order valence-corrected chi connectivity index (χ0v) is 8.48. The Morgan fingerprint density at radius 2 is 2.27 bits per heavy atom. The van der Waals surface area contributed by atoms with E-state index in [9.17, 15) is 0 Å². The van der Waals surface area contributed by atoms with Crippen LogP contribution in [-0.4, -0.2) is 16.5 Å². The molecule has 0 saturated heterocycles. The SMILES string of the molecule is c1ccc2c(c1)CCN2Cc1ncc[nH]1. The van der Waals surface area contributed by atoms with Crippen LogP contribution in [0.2, 0.25) is 0 Å². The van der Waals surface area contributed by atoms with Gasteiger partial charge in [0.25, 0.3) is 0 Å². The first kappa shape index (κ1) is 8.53. The number of fused-ring (bicyclic) bond motifs is 1. The van der Waals surface area contributed by atoms with E-state index in [0.29, 0.717) is 0 Å². The Balaban J connectivity index is 1.85. The number of H-pyrrole nitrogens is 1. The maximum absolute atomic E-state index is 4.26. The molecule has 1 aliphatic heterocycles. The third-order valence-corrected chi connectivity index (χ3v) is 2.88. The first-order chi connectivity index (χ1) is 7.43. The van der Waals surface area contributed by atoms with Crippen LogP contribution in [0.15, 0.2) is 36.7 Å². The van der Waals surface area contributed by atoms with Gasteiger partial charge in [-0.3, -0.25) is 0 Å². The highest BCUT2D eigenvalue weighted by molar-refractivity contribution is 5.57. The number of imidazole rings is 1. The van der Waals surface area contributed by atoms with Crippen molar-refractivity contribution in [2.24, 2.45) is 0 Å². The van der Waals surface area contributed by atoms with Gasteiger partial charge in [0.15, 0.2) is 0 Å². The van der Waals surface area contributed by atoms with Crippen molar-refractivity contribution in [3.63, 3.8) is 0 Å². The fourth-order valence-corrected chi connectivity index (χ4v) is 2.14. The van der Waals surface area contributed by atoms with Crippen LogP contribution < -0.4 is 4.90 Å². The van der Waals surface area contributed by atoms with E-state index >= 15 is 0 Å². The van der Waals surface area contributed by atoms with E-state index in [2.05, 4.69) is 39.1 Å². The molecule has 0 amide bonds. The predicted octanol–water partition coefficient (Wildman–Crippen LogP) is 1.97. The Labute approximate surface area is 88.8 Å². The summed E-state index contributed by atoms with van der Waals surface area (Å²) in [6.07, 6.45) is 4.82. The molecule has 2 heterocycles. The molecule has 1 aliphatic rings. The minimum absolute atomic E-state index is 0.879. The van der Waals surface area contributed by atoms with Gasteiger partial charge >= 0.3 is 0 Å². The zero-order valence-electron chi connectivity index (χ0n) is 8.48. The van der Waals surface area contributed by atoms with E-state index in [-0.39, 0.29) is 0 Å². The molecule has 0 fully saturated rings. The minimum Gasteiger partial charge on any atom is -0.364 e. The molecule has 0 aliphatic carbocycles. The molecule has 3 heteroatoms. The Bertz CT molecular complexity index is 448. The van der Waals surface area contributed by atoms with Crippen molar-refractivity contribution in [1.82, 2.24) is 9.97 Å². The number of rotatable bonds is 2. The molecule has 1 N–H and O–H groups in total. The largest absolute Gasteiger partial charge is 0.364 e. The molecule has 1 aromatic carbocycles. The van der Waals surface area contributed by atoms with Gasteiger partial charge in [0.1, 0.15) is 5.82 Å². The highest BCUT2D eigenvalue weighted by Crippen LogP contribution is 2.28. The highest BCUT2D eigenvalue weighted by Gasteiger charge is 2.18. The van der Waals surface area contributed by atoms with Gasteiger partial charge in [-0.25, -0.2) is 4.98 Å². The molecule has 0 bridgehead atoms. The van der Waals surface area contributed by atoms with Crippen molar-refractivity contribution in [1.29, 1.82) is 0 Å². The number of anilines is 1. The van der Waals surface area contributed by atoms with Gasteiger partial charge < -0.3 is 9.88 Å². The van der Waals surface area contributed by atoms with Gasteiger partial charge in [0, 0.05) is 24.6 Å². The van der Waals surface area contributed by atoms with Crippen LogP contribution >= 0.6 is 0 Å². The molecule has 15 heavy (non-hydrogen) atoms. The Hall–Kier alpha value is -1.77. The summed E-state index contributed by atoms with van der Waals surface area (Å²) in [6.45, 7) is 1.98.